The van der Waals surface area contributed by atoms with Crippen LogP contribution in [0.25, 0.3) is 22.5 Å². The van der Waals surface area contributed by atoms with E-state index in [4.69, 9.17) is 9.95 Å². The molecule has 2 heterocycles. The van der Waals surface area contributed by atoms with Crippen molar-refractivity contribution in [2.45, 2.75) is 25.1 Å². The number of methoxy groups -OCH3 is 1. The molecular weight excluding hydrogens is 622 g/mol. The molecule has 2 aromatic heterocycles. The van der Waals surface area contributed by atoms with Crippen LogP contribution < -0.4 is 5.32 Å². The van der Waals surface area contributed by atoms with E-state index < -0.39 is 5.54 Å². The fraction of sp³-hybridized carbons (Fsp3) is 0.146. The molecule has 0 atom stereocenters. The molecule has 2 N–H and O–H groups in total. The van der Waals surface area contributed by atoms with Crippen molar-refractivity contribution < 1.29 is 9.84 Å². The fourth-order valence-electron chi connectivity index (χ4n) is 6.43. The number of hydrogen-bond donors (Lipinski definition) is 2. The van der Waals surface area contributed by atoms with Crippen LogP contribution in [0, 0.1) is 0 Å². The van der Waals surface area contributed by atoms with Gasteiger partial charge in [-0.15, -0.1) is 5.10 Å². The molecule has 9 nitrogen and oxygen atoms in total. The van der Waals surface area contributed by atoms with E-state index in [1.54, 1.807) is 13.3 Å². The lowest BCUT2D eigenvalue weighted by molar-refractivity contribution is 0.200. The zero-order chi connectivity index (χ0) is 34.2. The first kappa shape index (κ1) is 32.5. The molecule has 0 fully saturated rings. The van der Waals surface area contributed by atoms with Crippen LogP contribution in [-0.4, -0.2) is 49.0 Å². The minimum atomic E-state index is -0.858. The number of tetrazole rings is 1. The molecule has 0 amide bonds. The largest absolute Gasteiger partial charge is 0.391 e. The van der Waals surface area contributed by atoms with E-state index in [0.29, 0.717) is 42.6 Å². The van der Waals surface area contributed by atoms with E-state index >= 15 is 0 Å². The van der Waals surface area contributed by atoms with Gasteiger partial charge in [0.2, 0.25) is 0 Å². The summed E-state index contributed by atoms with van der Waals surface area (Å²) in [5.74, 6) is 1.93. The van der Waals surface area contributed by atoms with E-state index in [9.17, 15) is 5.11 Å². The summed E-state index contributed by atoms with van der Waals surface area (Å²) in [5, 5.41) is 27.0. The first-order valence-electron chi connectivity index (χ1n) is 16.5. The Morgan fingerprint density at radius 1 is 0.720 bits per heavy atom. The second-order valence-corrected chi connectivity index (χ2v) is 11.9. The highest BCUT2D eigenvalue weighted by atomic mass is 16.5. The van der Waals surface area contributed by atoms with Crippen molar-refractivity contribution in [3.05, 3.63) is 179 Å². The molecule has 5 aromatic carbocycles. The van der Waals surface area contributed by atoms with Crippen LogP contribution in [0.15, 0.2) is 146 Å². The van der Waals surface area contributed by atoms with Crippen LogP contribution >= 0.6 is 0 Å². The summed E-state index contributed by atoms with van der Waals surface area (Å²) >= 11 is 0. The molecule has 0 aliphatic rings. The zero-order valence-corrected chi connectivity index (χ0v) is 27.7. The molecule has 9 heteroatoms. The molecule has 0 saturated carbocycles. The predicted molar refractivity (Wildman–Crippen MR) is 194 cm³/mol. The Balaban J connectivity index is 1.27. The summed E-state index contributed by atoms with van der Waals surface area (Å²) in [5.41, 5.74) is 6.92. The average Bonchev–Trinajstić information content (AvgIpc) is 3.68. The molecule has 7 rings (SSSR count). The van der Waals surface area contributed by atoms with Crippen molar-refractivity contribution in [2.24, 2.45) is 0 Å². The highest BCUT2D eigenvalue weighted by molar-refractivity contribution is 5.81. The summed E-state index contributed by atoms with van der Waals surface area (Å²) in [6, 6.07) is 47.9. The van der Waals surface area contributed by atoms with Gasteiger partial charge in [-0.3, -0.25) is 0 Å². The number of ether oxygens (including phenoxy) is 1. The van der Waals surface area contributed by atoms with Gasteiger partial charge in [0, 0.05) is 37.4 Å². The van der Waals surface area contributed by atoms with Crippen LogP contribution in [0.4, 0.5) is 5.82 Å². The highest BCUT2D eigenvalue weighted by Gasteiger charge is 2.42. The van der Waals surface area contributed by atoms with Crippen LogP contribution in [0.3, 0.4) is 0 Å². The molecule has 0 spiro atoms. The third-order valence-corrected chi connectivity index (χ3v) is 8.87. The van der Waals surface area contributed by atoms with Gasteiger partial charge in [0.25, 0.3) is 0 Å². The second-order valence-electron chi connectivity index (χ2n) is 11.9. The number of hydrogen-bond acceptors (Lipinski definition) is 8. The Kier molecular flexibility index (Phi) is 9.77. The summed E-state index contributed by atoms with van der Waals surface area (Å²) in [6.45, 7) is 0.906. The zero-order valence-electron chi connectivity index (χ0n) is 27.7. The Hall–Kier alpha value is -6.03. The molecule has 248 valence electrons. The van der Waals surface area contributed by atoms with Gasteiger partial charge in [0.1, 0.15) is 17.2 Å². The van der Waals surface area contributed by atoms with Gasteiger partial charge in [-0.25, -0.2) is 14.6 Å². The number of nitrogens with one attached hydrogen (secondary N) is 1. The first-order valence-corrected chi connectivity index (χ1v) is 16.5. The first-order chi connectivity index (χ1) is 24.7. The minimum absolute atomic E-state index is 0.151. The highest BCUT2D eigenvalue weighted by Crippen LogP contribution is 2.43. The smallest absolute Gasteiger partial charge is 0.184 e. The summed E-state index contributed by atoms with van der Waals surface area (Å²) in [7, 11) is 1.65. The molecule has 50 heavy (non-hydrogen) atoms. The molecule has 0 radical (unpaired) electrons. The Morgan fingerprint density at radius 3 is 1.88 bits per heavy atom. The normalized spacial score (nSPS) is 11.4. The lowest BCUT2D eigenvalue weighted by Crippen LogP contribution is -2.39. The summed E-state index contributed by atoms with van der Waals surface area (Å²) in [4.78, 5) is 8.95. The van der Waals surface area contributed by atoms with Gasteiger partial charge >= 0.3 is 0 Å². The van der Waals surface area contributed by atoms with Gasteiger partial charge in [-0.05, 0) is 43.8 Å². The van der Waals surface area contributed by atoms with Gasteiger partial charge < -0.3 is 15.2 Å². The van der Waals surface area contributed by atoms with Gasteiger partial charge in [0.05, 0.1) is 13.2 Å². The van der Waals surface area contributed by atoms with Gasteiger partial charge in [0.15, 0.2) is 5.82 Å². The monoisotopic (exact) mass is 659 g/mol. The van der Waals surface area contributed by atoms with E-state index in [1.165, 1.54) is 0 Å². The van der Waals surface area contributed by atoms with E-state index in [-0.39, 0.29) is 6.61 Å². The van der Waals surface area contributed by atoms with Crippen LogP contribution in [-0.2, 0) is 29.8 Å². The van der Waals surface area contributed by atoms with Crippen molar-refractivity contribution in [3.63, 3.8) is 0 Å². The lowest BCUT2D eigenvalue weighted by atomic mass is 9.77. The number of nitrogens with zero attached hydrogens (tertiary/aromatic N) is 6. The predicted octanol–water partition coefficient (Wildman–Crippen LogP) is 6.93. The summed E-state index contributed by atoms with van der Waals surface area (Å²) < 4.78 is 7.14. The standard InChI is InChI=1S/C41H37N7O2/c1-50-26-25-38-42-28-32(29-49)39(44-38)43-27-30-21-23-31(24-22-30)36-19-11-12-20-37(36)40-45-46-47-48(40)41(33-13-5-2-6-14-33,34-15-7-3-8-16-34)35-17-9-4-10-18-35/h2-24,28,49H,25-27,29H2,1H3,(H,42,43,44). The number of anilines is 1. The minimum Gasteiger partial charge on any atom is -0.391 e. The van der Waals surface area contributed by atoms with Crippen LogP contribution in [0.2, 0.25) is 0 Å². The molecule has 7 aromatic rings. The van der Waals surface area contributed by atoms with Gasteiger partial charge in [-0.1, -0.05) is 140 Å². The van der Waals surface area contributed by atoms with Crippen molar-refractivity contribution in [1.82, 2.24) is 30.2 Å². The number of benzene rings is 5. The molecule has 0 aliphatic carbocycles. The Bertz CT molecular complexity index is 2040. The maximum Gasteiger partial charge on any atom is 0.184 e. The third kappa shape index (κ3) is 6.39. The van der Waals surface area contributed by atoms with E-state index in [1.807, 2.05) is 35.0 Å². The number of aliphatic hydroxyl groups is 1. The quantitative estimate of drug-likeness (QED) is 0.128. The topological polar surface area (TPSA) is 111 Å². The molecule has 0 unspecified atom stereocenters. The molecular formula is C41H37N7O2. The van der Waals surface area contributed by atoms with E-state index in [2.05, 4.69) is 135 Å². The second kappa shape index (κ2) is 15.0. The van der Waals surface area contributed by atoms with Crippen molar-refractivity contribution in [1.29, 1.82) is 0 Å². The van der Waals surface area contributed by atoms with Crippen molar-refractivity contribution in [2.75, 3.05) is 19.0 Å². The third-order valence-electron chi connectivity index (χ3n) is 8.87. The van der Waals surface area contributed by atoms with Crippen LogP contribution in [0.5, 0.6) is 0 Å². The maximum atomic E-state index is 9.85. The Labute approximate surface area is 291 Å². The molecule has 0 aliphatic heterocycles. The molecule has 0 bridgehead atoms. The van der Waals surface area contributed by atoms with E-state index in [0.717, 1.165) is 38.9 Å². The lowest BCUT2D eigenvalue weighted by Gasteiger charge is -2.36. The van der Waals surface area contributed by atoms with Crippen molar-refractivity contribution in [3.8, 4) is 22.5 Å². The number of aliphatic hydroxyl groups excluding tert-OH is 1. The van der Waals surface area contributed by atoms with Crippen LogP contribution in [0.1, 0.15) is 33.6 Å². The summed E-state index contributed by atoms with van der Waals surface area (Å²) in [6.07, 6.45) is 2.26. The SMILES string of the molecule is COCCc1ncc(CO)c(NCc2ccc(-c3ccccc3-c3nnnn3C(c3ccccc3)(c3ccccc3)c3ccccc3)cc2)n1. The Morgan fingerprint density at radius 2 is 1.30 bits per heavy atom. The molecule has 0 saturated heterocycles. The number of rotatable bonds is 13. The fourth-order valence-corrected chi connectivity index (χ4v) is 6.43. The van der Waals surface area contributed by atoms with Gasteiger partial charge in [-0.2, -0.15) is 0 Å². The average molecular weight is 660 g/mol. The van der Waals surface area contributed by atoms with Crippen molar-refractivity contribution >= 4 is 5.82 Å². The maximum absolute atomic E-state index is 9.85. The number of aromatic nitrogens is 6.